The first kappa shape index (κ1) is 21.6. The summed E-state index contributed by atoms with van der Waals surface area (Å²) < 4.78 is 20.9. The Morgan fingerprint density at radius 2 is 1.88 bits per heavy atom. The number of rotatable bonds is 10. The van der Waals surface area contributed by atoms with E-state index in [-0.39, 0.29) is 25.7 Å². The predicted molar refractivity (Wildman–Crippen MR) is 90.9 cm³/mol. The number of carbonyl (C=O) groups excluding carboxylic acids is 2. The van der Waals surface area contributed by atoms with Crippen molar-refractivity contribution in [2.45, 2.75) is 44.8 Å². The minimum atomic E-state index is -0.875. The Bertz CT molecular complexity index is 443. The van der Waals surface area contributed by atoms with Gasteiger partial charge in [0.25, 0.3) is 0 Å². The number of aliphatic hydroxyl groups excluding tert-OH is 1. The quantitative estimate of drug-likeness (QED) is 0.467. The van der Waals surface area contributed by atoms with Crippen molar-refractivity contribution in [2.24, 2.45) is 11.3 Å². The maximum atomic E-state index is 12.7. The minimum absolute atomic E-state index is 0.0442. The van der Waals surface area contributed by atoms with Crippen LogP contribution in [0.1, 0.15) is 32.6 Å². The van der Waals surface area contributed by atoms with Crippen LogP contribution >= 0.6 is 0 Å². The van der Waals surface area contributed by atoms with Crippen LogP contribution in [0.2, 0.25) is 0 Å². The van der Waals surface area contributed by atoms with Crippen LogP contribution in [0.15, 0.2) is 12.7 Å². The summed E-state index contributed by atoms with van der Waals surface area (Å²) >= 11 is 0. The molecule has 0 heterocycles. The molecule has 1 rings (SSSR count). The zero-order valence-corrected chi connectivity index (χ0v) is 15.4. The molecule has 0 spiro atoms. The smallest absolute Gasteiger partial charge is 0.330 e. The summed E-state index contributed by atoms with van der Waals surface area (Å²) in [6, 6.07) is 0. The number of ether oxygens (including phenoxy) is 4. The van der Waals surface area contributed by atoms with Gasteiger partial charge in [0.1, 0.15) is 11.5 Å². The molecule has 0 aliphatic heterocycles. The maximum Gasteiger partial charge on any atom is 0.330 e. The largest absolute Gasteiger partial charge is 0.462 e. The molecule has 144 valence electrons. The number of hydrogen-bond acceptors (Lipinski definition) is 7. The van der Waals surface area contributed by atoms with Crippen LogP contribution in [0.3, 0.4) is 0 Å². The first-order chi connectivity index (χ1) is 11.9. The average Bonchev–Trinajstić information content (AvgIpc) is 2.61. The Morgan fingerprint density at radius 3 is 2.36 bits per heavy atom. The number of carbonyl (C=O) groups is 2. The number of aliphatic hydroxyl groups is 1. The van der Waals surface area contributed by atoms with Gasteiger partial charge in [0.15, 0.2) is 0 Å². The van der Waals surface area contributed by atoms with Gasteiger partial charge in [0.2, 0.25) is 0 Å². The third-order valence-corrected chi connectivity index (χ3v) is 4.70. The molecule has 0 bridgehead atoms. The van der Waals surface area contributed by atoms with E-state index in [1.807, 2.05) is 6.92 Å². The van der Waals surface area contributed by atoms with Gasteiger partial charge in [-0.1, -0.05) is 13.5 Å². The Morgan fingerprint density at radius 1 is 1.24 bits per heavy atom. The van der Waals surface area contributed by atoms with Crippen LogP contribution < -0.4 is 0 Å². The predicted octanol–water partition coefficient (Wildman–Crippen LogP) is 1.48. The van der Waals surface area contributed by atoms with Crippen molar-refractivity contribution in [3.05, 3.63) is 12.7 Å². The van der Waals surface area contributed by atoms with Crippen molar-refractivity contribution >= 4 is 11.9 Å². The molecule has 0 saturated heterocycles. The number of methoxy groups -OCH3 is 2. The second kappa shape index (κ2) is 10.5. The van der Waals surface area contributed by atoms with Gasteiger partial charge in [-0.05, 0) is 31.6 Å². The lowest BCUT2D eigenvalue weighted by Crippen LogP contribution is -2.46. The summed E-state index contributed by atoms with van der Waals surface area (Å²) in [6.07, 6.45) is 1.89. The Hall–Kier alpha value is -1.44. The van der Waals surface area contributed by atoms with Crippen LogP contribution in [-0.4, -0.2) is 63.3 Å². The molecule has 3 unspecified atom stereocenters. The van der Waals surface area contributed by atoms with E-state index in [1.54, 1.807) is 0 Å². The summed E-state index contributed by atoms with van der Waals surface area (Å²) in [5, 5.41) is 10.3. The highest BCUT2D eigenvalue weighted by Crippen LogP contribution is 2.31. The molecule has 0 amide bonds. The second-order valence-electron chi connectivity index (χ2n) is 6.52. The maximum absolute atomic E-state index is 12.7. The molecule has 7 heteroatoms. The molecule has 0 aromatic heterocycles. The van der Waals surface area contributed by atoms with E-state index in [9.17, 15) is 14.7 Å². The standard InChI is InChI=1S/C18H30O7/c1-5-16(20)24-10-13-7-8-15(14(19)9-13)25-17(21)18(6-2,11-22-3)12-23-4/h5,13-15,19H,1,6-12H2,2-4H3. The lowest BCUT2D eigenvalue weighted by atomic mass is 9.84. The highest BCUT2D eigenvalue weighted by Gasteiger charge is 2.42. The van der Waals surface area contributed by atoms with Crippen molar-refractivity contribution in [3.8, 4) is 0 Å². The Kier molecular flexibility index (Phi) is 9.10. The molecule has 1 N–H and O–H groups in total. The first-order valence-electron chi connectivity index (χ1n) is 8.58. The average molecular weight is 358 g/mol. The van der Waals surface area contributed by atoms with E-state index >= 15 is 0 Å². The monoisotopic (exact) mass is 358 g/mol. The highest BCUT2D eigenvalue weighted by molar-refractivity contribution is 5.81. The van der Waals surface area contributed by atoms with E-state index in [4.69, 9.17) is 18.9 Å². The third kappa shape index (κ3) is 6.09. The molecule has 1 aliphatic rings. The summed E-state index contributed by atoms with van der Waals surface area (Å²) in [5.41, 5.74) is -0.875. The minimum Gasteiger partial charge on any atom is -0.462 e. The third-order valence-electron chi connectivity index (χ3n) is 4.70. The molecule has 1 fully saturated rings. The van der Waals surface area contributed by atoms with Gasteiger partial charge in [-0.3, -0.25) is 4.79 Å². The van der Waals surface area contributed by atoms with Crippen LogP contribution in [0.4, 0.5) is 0 Å². The molecular formula is C18H30O7. The summed E-state index contributed by atoms with van der Waals surface area (Å²) in [4.78, 5) is 23.8. The van der Waals surface area contributed by atoms with E-state index in [2.05, 4.69) is 6.58 Å². The van der Waals surface area contributed by atoms with Gasteiger partial charge in [0.05, 0.1) is 25.9 Å². The molecule has 3 atom stereocenters. The number of hydrogen-bond donors (Lipinski definition) is 1. The van der Waals surface area contributed by atoms with Gasteiger partial charge in [-0.25, -0.2) is 4.79 Å². The topological polar surface area (TPSA) is 91.3 Å². The number of esters is 2. The zero-order chi connectivity index (χ0) is 18.9. The second-order valence-corrected chi connectivity index (χ2v) is 6.52. The van der Waals surface area contributed by atoms with Crippen molar-refractivity contribution in [1.82, 2.24) is 0 Å². The van der Waals surface area contributed by atoms with E-state index in [1.165, 1.54) is 14.2 Å². The fraction of sp³-hybridized carbons (Fsp3) is 0.778. The summed E-state index contributed by atoms with van der Waals surface area (Å²) in [6.45, 7) is 5.84. The van der Waals surface area contributed by atoms with Crippen LogP contribution in [-0.2, 0) is 28.5 Å². The van der Waals surface area contributed by atoms with Crippen LogP contribution in [0.5, 0.6) is 0 Å². The van der Waals surface area contributed by atoms with Gasteiger partial charge < -0.3 is 24.1 Å². The lowest BCUT2D eigenvalue weighted by molar-refractivity contribution is -0.179. The molecule has 0 radical (unpaired) electrons. The molecular weight excluding hydrogens is 328 g/mol. The zero-order valence-electron chi connectivity index (χ0n) is 15.4. The highest BCUT2D eigenvalue weighted by atomic mass is 16.6. The summed E-state index contributed by atoms with van der Waals surface area (Å²) in [7, 11) is 3.05. The molecule has 25 heavy (non-hydrogen) atoms. The fourth-order valence-corrected chi connectivity index (χ4v) is 3.07. The van der Waals surface area contributed by atoms with Crippen molar-refractivity contribution in [2.75, 3.05) is 34.0 Å². The van der Waals surface area contributed by atoms with Crippen molar-refractivity contribution < 1.29 is 33.6 Å². The summed E-state index contributed by atoms with van der Waals surface area (Å²) in [5.74, 6) is -0.850. The van der Waals surface area contributed by atoms with Crippen LogP contribution in [0, 0.1) is 11.3 Å². The van der Waals surface area contributed by atoms with Gasteiger partial charge in [0, 0.05) is 20.3 Å². The van der Waals surface area contributed by atoms with Crippen molar-refractivity contribution in [1.29, 1.82) is 0 Å². The Balaban J connectivity index is 2.60. The van der Waals surface area contributed by atoms with Crippen molar-refractivity contribution in [3.63, 3.8) is 0 Å². The van der Waals surface area contributed by atoms with Gasteiger partial charge in [-0.2, -0.15) is 0 Å². The van der Waals surface area contributed by atoms with Crippen LogP contribution in [0.25, 0.3) is 0 Å². The normalized spacial score (nSPS) is 23.8. The molecule has 1 aliphatic carbocycles. The molecule has 0 aromatic rings. The van der Waals surface area contributed by atoms with Gasteiger partial charge >= 0.3 is 11.9 Å². The first-order valence-corrected chi connectivity index (χ1v) is 8.58. The molecule has 7 nitrogen and oxygen atoms in total. The van der Waals surface area contributed by atoms with Gasteiger partial charge in [-0.15, -0.1) is 0 Å². The van der Waals surface area contributed by atoms with E-state index < -0.39 is 29.6 Å². The van der Waals surface area contributed by atoms with E-state index in [0.29, 0.717) is 25.7 Å². The van der Waals surface area contributed by atoms with E-state index in [0.717, 1.165) is 6.08 Å². The Labute approximate surface area is 149 Å². The SMILES string of the molecule is C=CC(=O)OCC1CCC(OC(=O)C(CC)(COC)COC)C(O)C1. The molecule has 1 saturated carbocycles. The lowest BCUT2D eigenvalue weighted by Gasteiger charge is -2.36. The molecule has 0 aromatic carbocycles. The fourth-order valence-electron chi connectivity index (χ4n) is 3.07.